The average molecular weight is 213 g/mol. The quantitative estimate of drug-likeness (QED) is 0.701. The van der Waals surface area contributed by atoms with Crippen LogP contribution in [0.4, 0.5) is 0 Å². The maximum Gasteiger partial charge on any atom is 0.303 e. The summed E-state index contributed by atoms with van der Waals surface area (Å²) in [7, 11) is 0. The van der Waals surface area contributed by atoms with Crippen molar-refractivity contribution in [2.75, 3.05) is 0 Å². The minimum atomic E-state index is -0.814. The van der Waals surface area contributed by atoms with Gasteiger partial charge in [0.2, 0.25) is 5.91 Å². The van der Waals surface area contributed by atoms with Crippen molar-refractivity contribution in [2.45, 2.75) is 45.6 Å². The Labute approximate surface area is 90.0 Å². The van der Waals surface area contributed by atoms with E-state index >= 15 is 0 Å². The first-order chi connectivity index (χ1) is 7.00. The fourth-order valence-electron chi connectivity index (χ4n) is 1.60. The molecule has 0 aromatic heterocycles. The molecule has 1 aliphatic carbocycles. The topological polar surface area (TPSA) is 66.4 Å². The van der Waals surface area contributed by atoms with Crippen LogP contribution in [0.15, 0.2) is 0 Å². The van der Waals surface area contributed by atoms with E-state index in [2.05, 4.69) is 5.32 Å². The van der Waals surface area contributed by atoms with Crippen LogP contribution in [0.5, 0.6) is 0 Å². The maximum absolute atomic E-state index is 11.6. The van der Waals surface area contributed by atoms with E-state index in [1.54, 1.807) is 0 Å². The third-order valence-electron chi connectivity index (χ3n) is 2.92. The van der Waals surface area contributed by atoms with Gasteiger partial charge >= 0.3 is 5.97 Å². The fraction of sp³-hybridized carbons (Fsp3) is 0.818. The van der Waals surface area contributed by atoms with Crippen LogP contribution in [0.1, 0.15) is 39.5 Å². The van der Waals surface area contributed by atoms with Crippen molar-refractivity contribution in [3.63, 3.8) is 0 Å². The molecule has 1 amide bonds. The lowest BCUT2D eigenvalue weighted by Crippen LogP contribution is -2.37. The number of carboxylic acid groups (broad SMARTS) is 1. The van der Waals surface area contributed by atoms with E-state index in [1.165, 1.54) is 0 Å². The van der Waals surface area contributed by atoms with E-state index in [0.29, 0.717) is 12.3 Å². The third kappa shape index (κ3) is 4.32. The monoisotopic (exact) mass is 213 g/mol. The molecule has 0 spiro atoms. The Kier molecular flexibility index (Phi) is 4.12. The standard InChI is InChI=1S/C11H19NO3/c1-7(3-6-10(13)14)12-11(15)8(2)9-4-5-9/h7-9H,3-6H2,1-2H3,(H,12,15)(H,13,14). The lowest BCUT2D eigenvalue weighted by Gasteiger charge is -2.16. The van der Waals surface area contributed by atoms with E-state index in [4.69, 9.17) is 5.11 Å². The van der Waals surface area contributed by atoms with Crippen LogP contribution < -0.4 is 5.32 Å². The number of hydrogen-bond acceptors (Lipinski definition) is 2. The Balaban J connectivity index is 2.21. The first-order valence-corrected chi connectivity index (χ1v) is 5.53. The summed E-state index contributed by atoms with van der Waals surface area (Å²) in [5.74, 6) is -0.115. The highest BCUT2D eigenvalue weighted by Crippen LogP contribution is 2.36. The molecule has 4 heteroatoms. The van der Waals surface area contributed by atoms with Crippen LogP contribution in [0.3, 0.4) is 0 Å². The van der Waals surface area contributed by atoms with Crippen LogP contribution in [0.25, 0.3) is 0 Å². The summed E-state index contributed by atoms with van der Waals surface area (Å²) in [6.07, 6.45) is 2.91. The number of rotatable bonds is 6. The van der Waals surface area contributed by atoms with Crippen LogP contribution in [-0.2, 0) is 9.59 Å². The zero-order valence-corrected chi connectivity index (χ0v) is 9.32. The van der Waals surface area contributed by atoms with E-state index in [1.807, 2.05) is 13.8 Å². The molecular weight excluding hydrogens is 194 g/mol. The van der Waals surface area contributed by atoms with Gasteiger partial charge in [-0.25, -0.2) is 0 Å². The molecule has 2 N–H and O–H groups in total. The summed E-state index contributed by atoms with van der Waals surface area (Å²) in [5.41, 5.74) is 0. The molecule has 4 nitrogen and oxygen atoms in total. The predicted octanol–water partition coefficient (Wildman–Crippen LogP) is 1.40. The van der Waals surface area contributed by atoms with Crippen molar-refractivity contribution in [3.05, 3.63) is 0 Å². The Morgan fingerprint density at radius 2 is 2.00 bits per heavy atom. The molecule has 1 fully saturated rings. The number of aliphatic carboxylic acids is 1. The van der Waals surface area contributed by atoms with Gasteiger partial charge in [-0.2, -0.15) is 0 Å². The van der Waals surface area contributed by atoms with Gasteiger partial charge < -0.3 is 10.4 Å². The summed E-state index contributed by atoms with van der Waals surface area (Å²) in [6, 6.07) is -0.0465. The molecule has 86 valence electrons. The lowest BCUT2D eigenvalue weighted by molar-refractivity contribution is -0.137. The van der Waals surface area contributed by atoms with Gasteiger partial charge in [-0.1, -0.05) is 6.92 Å². The molecule has 0 aliphatic heterocycles. The minimum absolute atomic E-state index is 0.0465. The Bertz CT molecular complexity index is 248. The summed E-state index contributed by atoms with van der Waals surface area (Å²) >= 11 is 0. The molecule has 2 atom stereocenters. The van der Waals surface area contributed by atoms with E-state index < -0.39 is 5.97 Å². The average Bonchev–Trinajstić information content (AvgIpc) is 2.96. The molecule has 0 aromatic rings. The highest BCUT2D eigenvalue weighted by Gasteiger charge is 2.32. The molecule has 1 rings (SSSR count). The van der Waals surface area contributed by atoms with E-state index in [-0.39, 0.29) is 24.3 Å². The minimum Gasteiger partial charge on any atom is -0.481 e. The van der Waals surface area contributed by atoms with Gasteiger partial charge in [0, 0.05) is 18.4 Å². The second-order valence-electron chi connectivity index (χ2n) is 4.47. The van der Waals surface area contributed by atoms with Crippen molar-refractivity contribution < 1.29 is 14.7 Å². The van der Waals surface area contributed by atoms with Gasteiger partial charge in [0.05, 0.1) is 0 Å². The first-order valence-electron chi connectivity index (χ1n) is 5.53. The molecule has 0 radical (unpaired) electrons. The summed E-state index contributed by atoms with van der Waals surface area (Å²) in [5, 5.41) is 11.3. The van der Waals surface area contributed by atoms with Gasteiger partial charge in [0.15, 0.2) is 0 Å². The zero-order valence-electron chi connectivity index (χ0n) is 9.32. The number of carboxylic acids is 1. The number of amides is 1. The predicted molar refractivity (Wildman–Crippen MR) is 56.4 cm³/mol. The van der Waals surface area contributed by atoms with Gasteiger partial charge in [-0.15, -0.1) is 0 Å². The maximum atomic E-state index is 11.6. The van der Waals surface area contributed by atoms with Gasteiger partial charge in [0.25, 0.3) is 0 Å². The summed E-state index contributed by atoms with van der Waals surface area (Å²) < 4.78 is 0. The molecule has 0 saturated heterocycles. The molecule has 2 unspecified atom stereocenters. The molecule has 0 aromatic carbocycles. The van der Waals surface area contributed by atoms with E-state index in [0.717, 1.165) is 12.8 Å². The Morgan fingerprint density at radius 1 is 1.40 bits per heavy atom. The van der Waals surface area contributed by atoms with Gasteiger partial charge in [-0.05, 0) is 32.1 Å². The van der Waals surface area contributed by atoms with Crippen LogP contribution in [0.2, 0.25) is 0 Å². The van der Waals surface area contributed by atoms with Crippen molar-refractivity contribution in [1.82, 2.24) is 5.32 Å². The zero-order chi connectivity index (χ0) is 11.4. The molecule has 1 aliphatic rings. The van der Waals surface area contributed by atoms with Crippen molar-refractivity contribution >= 4 is 11.9 Å². The second kappa shape index (κ2) is 5.14. The van der Waals surface area contributed by atoms with Gasteiger partial charge in [-0.3, -0.25) is 9.59 Å². The number of nitrogens with one attached hydrogen (secondary N) is 1. The molecule has 15 heavy (non-hydrogen) atoms. The Hall–Kier alpha value is -1.06. The van der Waals surface area contributed by atoms with Crippen molar-refractivity contribution in [2.24, 2.45) is 11.8 Å². The number of hydrogen-bond donors (Lipinski definition) is 2. The SMILES string of the molecule is CC(CCC(=O)O)NC(=O)C(C)C1CC1. The molecule has 0 heterocycles. The second-order valence-corrected chi connectivity index (χ2v) is 4.47. The number of carbonyl (C=O) groups is 2. The summed E-state index contributed by atoms with van der Waals surface area (Å²) in [6.45, 7) is 3.79. The smallest absolute Gasteiger partial charge is 0.303 e. The molecule has 1 saturated carbocycles. The normalized spacial score (nSPS) is 19.3. The van der Waals surface area contributed by atoms with E-state index in [9.17, 15) is 9.59 Å². The van der Waals surface area contributed by atoms with Crippen LogP contribution in [-0.4, -0.2) is 23.0 Å². The highest BCUT2D eigenvalue weighted by molar-refractivity contribution is 5.79. The fourth-order valence-corrected chi connectivity index (χ4v) is 1.60. The highest BCUT2D eigenvalue weighted by atomic mass is 16.4. The first kappa shape index (κ1) is 12.0. The number of carbonyl (C=O) groups excluding carboxylic acids is 1. The van der Waals surface area contributed by atoms with Gasteiger partial charge in [0.1, 0.15) is 0 Å². The lowest BCUT2D eigenvalue weighted by atomic mass is 10.0. The summed E-state index contributed by atoms with van der Waals surface area (Å²) in [4.78, 5) is 21.9. The molecule has 0 bridgehead atoms. The van der Waals surface area contributed by atoms with Crippen LogP contribution in [0, 0.1) is 11.8 Å². The largest absolute Gasteiger partial charge is 0.481 e. The van der Waals surface area contributed by atoms with Crippen molar-refractivity contribution in [1.29, 1.82) is 0 Å². The van der Waals surface area contributed by atoms with Crippen LogP contribution >= 0.6 is 0 Å². The Morgan fingerprint density at radius 3 is 2.47 bits per heavy atom. The van der Waals surface area contributed by atoms with Crippen molar-refractivity contribution in [3.8, 4) is 0 Å². The third-order valence-corrected chi connectivity index (χ3v) is 2.92. The molecular formula is C11H19NO3.